The molecule has 0 aliphatic carbocycles. The summed E-state index contributed by atoms with van der Waals surface area (Å²) in [5, 5.41) is 3.68. The van der Waals surface area contributed by atoms with Gasteiger partial charge in [-0.15, -0.1) is 0 Å². The smallest absolute Gasteiger partial charge is 0.254 e. The lowest BCUT2D eigenvalue weighted by Gasteiger charge is -2.40. The third kappa shape index (κ3) is 6.17. The molecule has 7 heteroatoms. The fourth-order valence-electron chi connectivity index (χ4n) is 6.12. The van der Waals surface area contributed by atoms with Gasteiger partial charge in [0.25, 0.3) is 5.91 Å². The summed E-state index contributed by atoms with van der Waals surface area (Å²) in [6.07, 6.45) is 12.8. The monoisotopic (exact) mass is 490 g/mol. The molecule has 1 N–H and O–H groups in total. The highest BCUT2D eigenvalue weighted by Gasteiger charge is 2.31. The molecule has 4 heterocycles. The summed E-state index contributed by atoms with van der Waals surface area (Å²) in [7, 11) is 0. The van der Waals surface area contributed by atoms with Crippen LogP contribution in [0.5, 0.6) is 0 Å². The first kappa shape index (κ1) is 25.0. The predicted octanol–water partition coefficient (Wildman–Crippen LogP) is 4.74. The van der Waals surface area contributed by atoms with E-state index in [1.807, 2.05) is 37.4 Å². The van der Waals surface area contributed by atoms with Crippen molar-refractivity contribution in [3.8, 4) is 0 Å². The number of rotatable bonds is 5. The third-order valence-corrected chi connectivity index (χ3v) is 8.18. The standard InChI is InChI=1S/C29H42N6O/c1-23-11-4-5-14-26(23)28(36)35-20-10-13-25(22-35)34-19-9-6-12-24(21-34)31-29-30-16-15-27(32-29)33-17-7-2-3-8-18-33/h4-5,11,14-16,24-25H,2-3,6-10,12-13,17-22H2,1H3,(H,30,31,32). The summed E-state index contributed by atoms with van der Waals surface area (Å²) in [4.78, 5) is 29.9. The van der Waals surface area contributed by atoms with Gasteiger partial charge in [-0.25, -0.2) is 4.98 Å². The normalized spacial score (nSPS) is 24.1. The van der Waals surface area contributed by atoms with Crippen LogP contribution < -0.4 is 10.2 Å². The van der Waals surface area contributed by atoms with Gasteiger partial charge in [0.1, 0.15) is 5.82 Å². The van der Waals surface area contributed by atoms with Crippen molar-refractivity contribution in [3.05, 3.63) is 47.7 Å². The maximum Gasteiger partial charge on any atom is 0.254 e. The van der Waals surface area contributed by atoms with Crippen LogP contribution in [-0.2, 0) is 0 Å². The van der Waals surface area contributed by atoms with Crippen LogP contribution in [0.1, 0.15) is 73.7 Å². The molecule has 2 aromatic rings. The SMILES string of the molecule is Cc1ccccc1C(=O)N1CCCC(N2CCCCC(Nc3nccc(N4CCCCCC4)n3)C2)C1. The van der Waals surface area contributed by atoms with Crippen LogP contribution in [0.4, 0.5) is 11.8 Å². The molecule has 3 aliphatic heterocycles. The van der Waals surface area contributed by atoms with Gasteiger partial charge < -0.3 is 15.1 Å². The minimum atomic E-state index is 0.182. The Hall–Kier alpha value is -2.67. The zero-order valence-electron chi connectivity index (χ0n) is 21.9. The van der Waals surface area contributed by atoms with Gasteiger partial charge in [0.05, 0.1) is 0 Å². The van der Waals surface area contributed by atoms with Crippen LogP contribution in [0.3, 0.4) is 0 Å². The number of amides is 1. The van der Waals surface area contributed by atoms with Crippen LogP contribution in [0, 0.1) is 6.92 Å². The van der Waals surface area contributed by atoms with Gasteiger partial charge in [0.15, 0.2) is 0 Å². The van der Waals surface area contributed by atoms with Crippen LogP contribution >= 0.6 is 0 Å². The van der Waals surface area contributed by atoms with E-state index in [9.17, 15) is 4.79 Å². The van der Waals surface area contributed by atoms with Crippen molar-refractivity contribution in [2.75, 3.05) is 49.5 Å². The highest BCUT2D eigenvalue weighted by molar-refractivity contribution is 5.95. The van der Waals surface area contributed by atoms with Crippen LogP contribution in [-0.4, -0.2) is 77.0 Å². The molecule has 194 valence electrons. The number of carbonyl (C=O) groups excluding carboxylic acids is 1. The first-order chi connectivity index (χ1) is 17.7. The number of nitrogens with zero attached hydrogens (tertiary/aromatic N) is 5. The summed E-state index contributed by atoms with van der Waals surface area (Å²) in [6.45, 7) is 7.97. The van der Waals surface area contributed by atoms with Gasteiger partial charge >= 0.3 is 0 Å². The van der Waals surface area contributed by atoms with E-state index in [1.165, 1.54) is 38.5 Å². The third-order valence-electron chi connectivity index (χ3n) is 8.18. The van der Waals surface area contributed by atoms with Gasteiger partial charge in [0, 0.05) is 56.6 Å². The van der Waals surface area contributed by atoms with Crippen molar-refractivity contribution in [2.24, 2.45) is 0 Å². The number of aromatic nitrogens is 2. The number of piperidine rings is 1. The number of likely N-dealkylation sites (tertiary alicyclic amines) is 2. The molecule has 1 aromatic heterocycles. The maximum atomic E-state index is 13.3. The summed E-state index contributed by atoms with van der Waals surface area (Å²) in [6, 6.07) is 10.8. The summed E-state index contributed by atoms with van der Waals surface area (Å²) in [5.74, 6) is 1.99. The number of carbonyl (C=O) groups is 1. The fraction of sp³-hybridized carbons (Fsp3) is 0.621. The Bertz CT molecular complexity index is 1000. The second-order valence-electron chi connectivity index (χ2n) is 10.8. The molecule has 2 unspecified atom stereocenters. The van der Waals surface area contributed by atoms with E-state index in [-0.39, 0.29) is 5.91 Å². The minimum Gasteiger partial charge on any atom is -0.356 e. The zero-order chi connectivity index (χ0) is 24.7. The Balaban J connectivity index is 1.22. The average Bonchev–Trinajstić information content (AvgIpc) is 3.33. The number of hydrogen-bond donors (Lipinski definition) is 1. The Kier molecular flexibility index (Phi) is 8.36. The quantitative estimate of drug-likeness (QED) is 0.653. The molecule has 0 bridgehead atoms. The van der Waals surface area contributed by atoms with Crippen LogP contribution in [0.2, 0.25) is 0 Å². The van der Waals surface area contributed by atoms with Crippen LogP contribution in [0.25, 0.3) is 0 Å². The van der Waals surface area contributed by atoms with Gasteiger partial charge in [-0.2, -0.15) is 4.98 Å². The zero-order valence-corrected chi connectivity index (χ0v) is 21.9. The van der Waals surface area contributed by atoms with Gasteiger partial charge in [0.2, 0.25) is 5.95 Å². The average molecular weight is 491 g/mol. The Labute approximate surface area is 216 Å². The number of nitrogens with one attached hydrogen (secondary N) is 1. The summed E-state index contributed by atoms with van der Waals surface area (Å²) >= 11 is 0. The van der Waals surface area contributed by atoms with Crippen LogP contribution in [0.15, 0.2) is 36.5 Å². The minimum absolute atomic E-state index is 0.182. The lowest BCUT2D eigenvalue weighted by Crippen LogP contribution is -2.52. The topological polar surface area (TPSA) is 64.6 Å². The Morgan fingerprint density at radius 1 is 0.889 bits per heavy atom. The number of hydrogen-bond acceptors (Lipinski definition) is 6. The predicted molar refractivity (Wildman–Crippen MR) is 146 cm³/mol. The molecular weight excluding hydrogens is 448 g/mol. The molecule has 0 radical (unpaired) electrons. The molecule has 1 aromatic carbocycles. The molecule has 36 heavy (non-hydrogen) atoms. The van der Waals surface area contributed by atoms with E-state index in [0.29, 0.717) is 12.1 Å². The van der Waals surface area contributed by atoms with Crippen molar-refractivity contribution >= 4 is 17.7 Å². The van der Waals surface area contributed by atoms with E-state index in [4.69, 9.17) is 4.98 Å². The first-order valence-electron chi connectivity index (χ1n) is 14.1. The van der Waals surface area contributed by atoms with E-state index in [1.54, 1.807) is 0 Å². The highest BCUT2D eigenvalue weighted by Crippen LogP contribution is 2.24. The summed E-state index contributed by atoms with van der Waals surface area (Å²) < 4.78 is 0. The largest absolute Gasteiger partial charge is 0.356 e. The van der Waals surface area contributed by atoms with Gasteiger partial charge in [-0.3, -0.25) is 9.69 Å². The molecule has 3 fully saturated rings. The second kappa shape index (κ2) is 12.0. The van der Waals surface area contributed by atoms with Crippen molar-refractivity contribution in [3.63, 3.8) is 0 Å². The van der Waals surface area contributed by atoms with Crippen molar-refractivity contribution in [2.45, 2.75) is 76.8 Å². The molecular formula is C29H42N6O. The molecule has 3 saturated heterocycles. The summed E-state index contributed by atoms with van der Waals surface area (Å²) in [5.41, 5.74) is 1.90. The van der Waals surface area contributed by atoms with E-state index >= 15 is 0 Å². The second-order valence-corrected chi connectivity index (χ2v) is 10.8. The first-order valence-corrected chi connectivity index (χ1v) is 14.1. The maximum absolute atomic E-state index is 13.3. The lowest BCUT2D eigenvalue weighted by atomic mass is 10.0. The Morgan fingerprint density at radius 3 is 2.53 bits per heavy atom. The van der Waals surface area contributed by atoms with E-state index in [0.717, 1.165) is 81.4 Å². The lowest BCUT2D eigenvalue weighted by molar-refractivity contribution is 0.0574. The highest BCUT2D eigenvalue weighted by atomic mass is 16.2. The fourth-order valence-corrected chi connectivity index (χ4v) is 6.12. The number of anilines is 2. The molecule has 1 amide bonds. The molecule has 2 atom stereocenters. The molecule has 0 saturated carbocycles. The van der Waals surface area contributed by atoms with Crippen molar-refractivity contribution < 1.29 is 4.79 Å². The molecule has 3 aliphatic rings. The number of aryl methyl sites for hydroxylation is 1. The molecule has 7 nitrogen and oxygen atoms in total. The van der Waals surface area contributed by atoms with Crippen molar-refractivity contribution in [1.82, 2.24) is 19.8 Å². The molecule has 5 rings (SSSR count). The molecule has 0 spiro atoms. The van der Waals surface area contributed by atoms with E-state index in [2.05, 4.69) is 31.1 Å². The number of benzene rings is 1. The Morgan fingerprint density at radius 2 is 1.69 bits per heavy atom. The van der Waals surface area contributed by atoms with Crippen molar-refractivity contribution in [1.29, 1.82) is 0 Å². The van der Waals surface area contributed by atoms with E-state index < -0.39 is 0 Å². The van der Waals surface area contributed by atoms with Gasteiger partial charge in [-0.1, -0.05) is 37.5 Å². The van der Waals surface area contributed by atoms with Gasteiger partial charge in [-0.05, 0) is 69.7 Å².